The van der Waals surface area contributed by atoms with E-state index in [2.05, 4.69) is 210 Å². The molecule has 62 heavy (non-hydrogen) atoms. The van der Waals surface area contributed by atoms with Gasteiger partial charge in [0.05, 0.1) is 0 Å². The average Bonchev–Trinajstić information content (AvgIpc) is 3.72. The van der Waals surface area contributed by atoms with Crippen LogP contribution in [0.25, 0.3) is 56.2 Å². The van der Waals surface area contributed by atoms with E-state index in [0.717, 1.165) is 15.6 Å². The second kappa shape index (κ2) is 16.0. The summed E-state index contributed by atoms with van der Waals surface area (Å²) in [6, 6.07) is 45.6. The molecule has 0 N–H and O–H groups in total. The smallest absolute Gasteiger partial charge is 0.208 e. The molecule has 11 rings (SSSR count). The van der Waals surface area contributed by atoms with E-state index in [0.29, 0.717) is 11.6 Å². The summed E-state index contributed by atoms with van der Waals surface area (Å²) in [5.41, 5.74) is 17.8. The van der Waals surface area contributed by atoms with Gasteiger partial charge < -0.3 is 0 Å². The van der Waals surface area contributed by atoms with Crippen molar-refractivity contribution in [3.63, 3.8) is 0 Å². The van der Waals surface area contributed by atoms with Crippen LogP contribution in [0.3, 0.4) is 0 Å². The molecule has 0 amide bonds. The van der Waals surface area contributed by atoms with Crippen molar-refractivity contribution in [2.75, 3.05) is 0 Å². The standard InChI is InChI=1S/C33H26ClN3.C15H13Br.C3Cl3N3/c1-32(2)25-11-7-5-9-21(25)23-15-13-19(17-27(23)32)29-35-30(37-31(34)36-29)20-14-16-24-22-10-6-8-12-26(22)33(3,4)28(24)18-20;1-15(2)13-6-4-3-5-11(13)12-8-7-10(16)9-14(12)15;4-1-7-2(5)9-3(6)8-1/h5-18H,1-4H3;3-9H,1-2H3;. The summed E-state index contributed by atoms with van der Waals surface area (Å²) < 4.78 is 1.16. The number of aromatic nitrogens is 6. The largest absolute Gasteiger partial charge is 0.227 e. The van der Waals surface area contributed by atoms with Crippen LogP contribution in [0.5, 0.6) is 0 Å². The lowest BCUT2D eigenvalue weighted by atomic mass is 9.82. The van der Waals surface area contributed by atoms with Crippen LogP contribution >= 0.6 is 62.3 Å². The zero-order valence-corrected chi connectivity index (χ0v) is 39.3. The summed E-state index contributed by atoms with van der Waals surface area (Å²) >= 11 is 26.0. The lowest BCUT2D eigenvalue weighted by Crippen LogP contribution is -2.15. The number of fused-ring (bicyclic) bond motifs is 9. The number of hydrogen-bond donors (Lipinski definition) is 0. The van der Waals surface area contributed by atoms with Crippen molar-refractivity contribution in [3.8, 4) is 56.2 Å². The molecule has 308 valence electrons. The van der Waals surface area contributed by atoms with Crippen molar-refractivity contribution in [1.29, 1.82) is 0 Å². The van der Waals surface area contributed by atoms with Crippen molar-refractivity contribution in [2.45, 2.75) is 57.8 Å². The fraction of sp³-hybridized carbons (Fsp3) is 0.176. The van der Waals surface area contributed by atoms with E-state index in [1.54, 1.807) is 0 Å². The number of rotatable bonds is 2. The molecule has 6 nitrogen and oxygen atoms in total. The van der Waals surface area contributed by atoms with Gasteiger partial charge in [0.1, 0.15) is 0 Å². The van der Waals surface area contributed by atoms with E-state index in [1.807, 2.05) is 0 Å². The number of hydrogen-bond acceptors (Lipinski definition) is 6. The Bertz CT molecular complexity index is 2920. The maximum atomic E-state index is 6.48. The minimum Gasteiger partial charge on any atom is -0.208 e. The third-order valence-corrected chi connectivity index (χ3v) is 13.6. The molecule has 3 aliphatic rings. The quantitative estimate of drug-likeness (QED) is 0.172. The first-order valence-corrected chi connectivity index (χ1v) is 22.4. The molecule has 0 bridgehead atoms. The fourth-order valence-electron chi connectivity index (χ4n) is 9.27. The molecular weight excluding hydrogens is 918 g/mol. The molecule has 0 radical (unpaired) electrons. The average molecular weight is 958 g/mol. The minimum absolute atomic E-state index is 0.000000000000000444. The van der Waals surface area contributed by atoms with Gasteiger partial charge in [-0.05, 0) is 137 Å². The molecule has 2 aromatic heterocycles. The van der Waals surface area contributed by atoms with Gasteiger partial charge in [-0.2, -0.15) is 24.9 Å². The van der Waals surface area contributed by atoms with Crippen molar-refractivity contribution in [2.24, 2.45) is 0 Å². The Hall–Kier alpha value is -5.02. The summed E-state index contributed by atoms with van der Waals surface area (Å²) in [6.07, 6.45) is 0. The van der Waals surface area contributed by atoms with Gasteiger partial charge in [-0.3, -0.25) is 0 Å². The van der Waals surface area contributed by atoms with Crippen LogP contribution in [-0.4, -0.2) is 29.9 Å². The molecule has 6 aromatic carbocycles. The Labute approximate surface area is 390 Å². The van der Waals surface area contributed by atoms with Gasteiger partial charge in [-0.1, -0.05) is 161 Å². The predicted molar refractivity (Wildman–Crippen MR) is 257 cm³/mol. The van der Waals surface area contributed by atoms with Crippen LogP contribution in [0, 0.1) is 0 Å². The number of halogens is 5. The Morgan fingerprint density at radius 3 is 1.03 bits per heavy atom. The van der Waals surface area contributed by atoms with E-state index in [1.165, 1.54) is 66.8 Å². The van der Waals surface area contributed by atoms with Crippen LogP contribution in [0.2, 0.25) is 21.1 Å². The monoisotopic (exact) mass is 954 g/mol. The summed E-state index contributed by atoms with van der Waals surface area (Å²) in [5.74, 6) is 1.18. The zero-order chi connectivity index (χ0) is 43.7. The molecule has 0 saturated carbocycles. The SMILES string of the molecule is CC1(C)c2ccccc2-c2ccc(-c3nc(Cl)nc(-c4ccc5c(c4)C(C)(C)c4ccccc4-5)n3)cc21.CC1(C)c2ccccc2-c2ccc(Br)cc21.Clc1nc(Cl)nc(Cl)n1. The van der Waals surface area contributed by atoms with Gasteiger partial charge in [-0.25, -0.2) is 4.98 Å². The van der Waals surface area contributed by atoms with Gasteiger partial charge in [0.25, 0.3) is 0 Å². The van der Waals surface area contributed by atoms with E-state index in [-0.39, 0.29) is 37.4 Å². The van der Waals surface area contributed by atoms with E-state index < -0.39 is 0 Å². The van der Waals surface area contributed by atoms with Gasteiger partial charge in [0.2, 0.25) is 21.1 Å². The molecule has 0 atom stereocenters. The van der Waals surface area contributed by atoms with Crippen molar-refractivity contribution < 1.29 is 0 Å². The summed E-state index contributed by atoms with van der Waals surface area (Å²) in [5, 5.41) is 0.200. The first kappa shape index (κ1) is 42.3. The maximum Gasteiger partial charge on any atom is 0.227 e. The van der Waals surface area contributed by atoms with Gasteiger partial charge in [0, 0.05) is 31.8 Å². The summed E-state index contributed by atoms with van der Waals surface area (Å²) in [4.78, 5) is 24.3. The van der Waals surface area contributed by atoms with Crippen LogP contribution in [0.4, 0.5) is 0 Å². The highest BCUT2D eigenvalue weighted by molar-refractivity contribution is 9.10. The molecule has 0 spiro atoms. The van der Waals surface area contributed by atoms with Crippen molar-refractivity contribution in [3.05, 3.63) is 186 Å². The van der Waals surface area contributed by atoms with Gasteiger partial charge in [0.15, 0.2) is 11.6 Å². The summed E-state index contributed by atoms with van der Waals surface area (Å²) in [6.45, 7) is 13.7. The second-order valence-corrected chi connectivity index (χ2v) is 19.4. The van der Waals surface area contributed by atoms with Crippen LogP contribution in [0.15, 0.2) is 132 Å². The van der Waals surface area contributed by atoms with Crippen LogP contribution in [-0.2, 0) is 16.2 Å². The topological polar surface area (TPSA) is 77.3 Å². The Morgan fingerprint density at radius 1 is 0.339 bits per heavy atom. The summed E-state index contributed by atoms with van der Waals surface area (Å²) in [7, 11) is 0. The fourth-order valence-corrected chi connectivity index (χ4v) is 10.4. The molecule has 3 aliphatic carbocycles. The minimum atomic E-state index is -0.0951. The number of benzene rings is 6. The van der Waals surface area contributed by atoms with E-state index in [4.69, 9.17) is 51.4 Å². The zero-order valence-electron chi connectivity index (χ0n) is 34.7. The Balaban J connectivity index is 0.000000160. The number of nitrogens with zero attached hydrogens (tertiary/aromatic N) is 6. The first-order chi connectivity index (χ1) is 29.5. The van der Waals surface area contributed by atoms with Crippen molar-refractivity contribution >= 4 is 62.3 Å². The normalized spacial score (nSPS) is 14.8. The second-order valence-electron chi connectivity index (χ2n) is 17.1. The molecular formula is C51H39BrCl4N6. The lowest BCUT2D eigenvalue weighted by Gasteiger charge is -2.22. The maximum absolute atomic E-state index is 6.48. The van der Waals surface area contributed by atoms with E-state index >= 15 is 0 Å². The highest BCUT2D eigenvalue weighted by Gasteiger charge is 2.37. The third-order valence-electron chi connectivity index (χ3n) is 12.4. The van der Waals surface area contributed by atoms with E-state index in [9.17, 15) is 0 Å². The molecule has 0 saturated heterocycles. The molecule has 0 unspecified atom stereocenters. The third kappa shape index (κ3) is 7.42. The predicted octanol–water partition coefficient (Wildman–Crippen LogP) is 15.1. The molecule has 0 aliphatic heterocycles. The molecule has 11 heteroatoms. The lowest BCUT2D eigenvalue weighted by molar-refractivity contribution is 0.660. The Morgan fingerprint density at radius 2 is 0.645 bits per heavy atom. The van der Waals surface area contributed by atoms with Crippen LogP contribution in [0.1, 0.15) is 74.9 Å². The van der Waals surface area contributed by atoms with Crippen molar-refractivity contribution in [1.82, 2.24) is 29.9 Å². The first-order valence-electron chi connectivity index (χ1n) is 20.1. The molecule has 8 aromatic rings. The van der Waals surface area contributed by atoms with Crippen LogP contribution < -0.4 is 0 Å². The molecule has 0 fully saturated rings. The molecule has 2 heterocycles. The highest BCUT2D eigenvalue weighted by atomic mass is 79.9. The Kier molecular flexibility index (Phi) is 10.9. The van der Waals surface area contributed by atoms with Gasteiger partial charge >= 0.3 is 0 Å². The highest BCUT2D eigenvalue weighted by Crippen LogP contribution is 2.52. The van der Waals surface area contributed by atoms with Gasteiger partial charge in [-0.15, -0.1) is 0 Å².